The van der Waals surface area contributed by atoms with Crippen molar-refractivity contribution in [3.63, 3.8) is 0 Å². The third-order valence-corrected chi connectivity index (χ3v) is 7.41. The Bertz CT molecular complexity index is 1300. The number of halogens is 1. The van der Waals surface area contributed by atoms with Crippen LogP contribution in [0.2, 0.25) is 0 Å². The van der Waals surface area contributed by atoms with Crippen molar-refractivity contribution in [3.05, 3.63) is 90.2 Å². The first-order valence-electron chi connectivity index (χ1n) is 11.1. The lowest BCUT2D eigenvalue weighted by molar-refractivity contribution is -0.139. The average Bonchev–Trinajstić information content (AvgIpc) is 2.90. The number of sulfonamides is 1. The van der Waals surface area contributed by atoms with Gasteiger partial charge in [-0.05, 0) is 61.0 Å². The zero-order valence-corrected chi connectivity index (χ0v) is 21.0. The van der Waals surface area contributed by atoms with Crippen LogP contribution < -0.4 is 14.4 Å². The molecule has 1 atom stereocenters. The molecule has 0 aliphatic carbocycles. The molecule has 3 aromatic rings. The number of nitrogens with zero attached hydrogens (tertiary/aromatic N) is 2. The molecule has 36 heavy (non-hydrogen) atoms. The number of rotatable bonds is 10. The Morgan fingerprint density at radius 3 is 2.28 bits per heavy atom. The lowest BCUT2D eigenvalue weighted by atomic mass is 10.1. The van der Waals surface area contributed by atoms with Crippen molar-refractivity contribution in [3.8, 4) is 5.75 Å². The minimum Gasteiger partial charge on any atom is -0.497 e. The van der Waals surface area contributed by atoms with Crippen LogP contribution in [0.3, 0.4) is 0 Å². The van der Waals surface area contributed by atoms with E-state index in [4.69, 9.17) is 4.74 Å². The van der Waals surface area contributed by atoms with Gasteiger partial charge in [-0.25, -0.2) is 12.8 Å². The number of carbonyl (C=O) groups is 2. The number of benzene rings is 3. The molecule has 2 amide bonds. The molecule has 8 nitrogen and oxygen atoms in total. The van der Waals surface area contributed by atoms with Crippen LogP contribution in [0.15, 0.2) is 83.8 Å². The lowest BCUT2D eigenvalue weighted by Crippen LogP contribution is -2.50. The quantitative estimate of drug-likeness (QED) is 0.449. The highest BCUT2D eigenvalue weighted by Gasteiger charge is 2.32. The molecule has 1 N–H and O–H groups in total. The summed E-state index contributed by atoms with van der Waals surface area (Å²) in [6.45, 7) is 0.992. The molecule has 0 aliphatic rings. The van der Waals surface area contributed by atoms with E-state index >= 15 is 0 Å². The first-order valence-corrected chi connectivity index (χ1v) is 12.6. The van der Waals surface area contributed by atoms with Gasteiger partial charge in [0.15, 0.2) is 0 Å². The number of ether oxygens (including phenoxy) is 1. The van der Waals surface area contributed by atoms with Crippen LogP contribution in [-0.4, -0.2) is 51.9 Å². The molecule has 0 aromatic heterocycles. The van der Waals surface area contributed by atoms with E-state index in [1.54, 1.807) is 49.4 Å². The first-order chi connectivity index (χ1) is 17.2. The second-order valence-corrected chi connectivity index (χ2v) is 9.83. The molecular formula is C26H28FN3O5S. The summed E-state index contributed by atoms with van der Waals surface area (Å²) in [7, 11) is -1.21. The Hall–Kier alpha value is -3.92. The van der Waals surface area contributed by atoms with Crippen molar-refractivity contribution in [1.82, 2.24) is 10.2 Å². The minimum absolute atomic E-state index is 0.0270. The van der Waals surface area contributed by atoms with Crippen LogP contribution >= 0.6 is 0 Å². The molecule has 3 aromatic carbocycles. The summed E-state index contributed by atoms with van der Waals surface area (Å²) in [5, 5.41) is 2.52. The molecule has 0 fully saturated rings. The SMILES string of the molecule is CNC(=O)[C@H](C)N(Cc1cccc(OC)c1)C(=O)CN(c1ccc(F)cc1)S(=O)(=O)c1ccccc1. The molecule has 0 aliphatic heterocycles. The predicted molar refractivity (Wildman–Crippen MR) is 134 cm³/mol. The first kappa shape index (κ1) is 26.7. The Labute approximate surface area is 210 Å². The zero-order chi connectivity index (χ0) is 26.3. The standard InChI is InChI=1S/C26H28FN3O5S/c1-19(26(32)28-2)29(17-20-8-7-9-23(16-20)35-3)25(31)18-30(22-14-12-21(27)13-15-22)36(33,34)24-10-5-4-6-11-24/h4-16,19H,17-18H2,1-3H3,(H,28,32)/t19-/m0/s1. The molecule has 0 saturated carbocycles. The molecule has 0 spiro atoms. The smallest absolute Gasteiger partial charge is 0.264 e. The summed E-state index contributed by atoms with van der Waals surface area (Å²) < 4.78 is 46.9. The van der Waals surface area contributed by atoms with E-state index in [1.165, 1.54) is 43.3 Å². The fourth-order valence-electron chi connectivity index (χ4n) is 3.61. The van der Waals surface area contributed by atoms with E-state index in [9.17, 15) is 22.4 Å². The highest BCUT2D eigenvalue weighted by atomic mass is 32.2. The minimum atomic E-state index is -4.19. The lowest BCUT2D eigenvalue weighted by Gasteiger charge is -2.31. The van der Waals surface area contributed by atoms with Gasteiger partial charge in [0.05, 0.1) is 17.7 Å². The van der Waals surface area contributed by atoms with Gasteiger partial charge >= 0.3 is 0 Å². The zero-order valence-electron chi connectivity index (χ0n) is 20.2. The maximum absolute atomic E-state index is 13.6. The number of hydrogen-bond donors (Lipinski definition) is 1. The Morgan fingerprint density at radius 1 is 1.00 bits per heavy atom. The van der Waals surface area contributed by atoms with Gasteiger partial charge in [-0.15, -0.1) is 0 Å². The fraction of sp³-hybridized carbons (Fsp3) is 0.231. The van der Waals surface area contributed by atoms with Crippen molar-refractivity contribution < 1.29 is 27.1 Å². The number of amides is 2. The Morgan fingerprint density at radius 2 is 1.67 bits per heavy atom. The molecule has 0 heterocycles. The van der Waals surface area contributed by atoms with Crippen molar-refractivity contribution in [2.75, 3.05) is 25.0 Å². The van der Waals surface area contributed by atoms with Gasteiger partial charge in [0, 0.05) is 13.6 Å². The summed E-state index contributed by atoms with van der Waals surface area (Å²) in [6, 6.07) is 18.6. The summed E-state index contributed by atoms with van der Waals surface area (Å²) in [6.07, 6.45) is 0. The molecule has 0 bridgehead atoms. The molecule has 0 saturated heterocycles. The predicted octanol–water partition coefficient (Wildman–Crippen LogP) is 3.19. The Kier molecular flexibility index (Phi) is 8.65. The number of methoxy groups -OCH3 is 1. The van der Waals surface area contributed by atoms with Gasteiger partial charge in [-0.3, -0.25) is 13.9 Å². The topological polar surface area (TPSA) is 96.0 Å². The molecule has 10 heteroatoms. The molecule has 3 rings (SSSR count). The second kappa shape index (κ2) is 11.7. The maximum atomic E-state index is 13.6. The normalized spacial score (nSPS) is 11.9. The molecule has 190 valence electrons. The highest BCUT2D eigenvalue weighted by molar-refractivity contribution is 7.92. The van der Waals surface area contributed by atoms with E-state index < -0.39 is 40.2 Å². The number of hydrogen-bond acceptors (Lipinski definition) is 5. The van der Waals surface area contributed by atoms with Crippen LogP contribution in [-0.2, 0) is 26.2 Å². The van der Waals surface area contributed by atoms with Crippen molar-refractivity contribution in [2.24, 2.45) is 0 Å². The van der Waals surface area contributed by atoms with Gasteiger partial charge in [0.1, 0.15) is 24.2 Å². The van der Waals surface area contributed by atoms with Crippen molar-refractivity contribution in [2.45, 2.75) is 24.4 Å². The fourth-order valence-corrected chi connectivity index (χ4v) is 5.05. The number of carbonyl (C=O) groups excluding carboxylic acids is 2. The van der Waals surface area contributed by atoms with Crippen LogP contribution in [0, 0.1) is 5.82 Å². The highest BCUT2D eigenvalue weighted by Crippen LogP contribution is 2.25. The average molecular weight is 514 g/mol. The van der Waals surface area contributed by atoms with Crippen LogP contribution in [0.1, 0.15) is 12.5 Å². The van der Waals surface area contributed by atoms with Crippen LogP contribution in [0.4, 0.5) is 10.1 Å². The number of likely N-dealkylation sites (N-methyl/N-ethyl adjacent to an activating group) is 1. The van der Waals surface area contributed by atoms with Gasteiger partial charge < -0.3 is 15.0 Å². The third-order valence-electron chi connectivity index (χ3n) is 5.63. The van der Waals surface area contributed by atoms with E-state index in [-0.39, 0.29) is 17.1 Å². The molecule has 0 unspecified atom stereocenters. The van der Waals surface area contributed by atoms with E-state index in [0.29, 0.717) is 11.3 Å². The van der Waals surface area contributed by atoms with Crippen molar-refractivity contribution >= 4 is 27.5 Å². The summed E-state index contributed by atoms with van der Waals surface area (Å²) in [4.78, 5) is 27.4. The van der Waals surface area contributed by atoms with Crippen molar-refractivity contribution in [1.29, 1.82) is 0 Å². The number of nitrogens with one attached hydrogen (secondary N) is 1. The monoisotopic (exact) mass is 513 g/mol. The molecular weight excluding hydrogens is 485 g/mol. The maximum Gasteiger partial charge on any atom is 0.264 e. The number of anilines is 1. The van der Waals surface area contributed by atoms with E-state index in [0.717, 1.165) is 16.4 Å². The van der Waals surface area contributed by atoms with Crippen LogP contribution in [0.25, 0.3) is 0 Å². The summed E-state index contributed by atoms with van der Waals surface area (Å²) >= 11 is 0. The van der Waals surface area contributed by atoms with Crippen LogP contribution in [0.5, 0.6) is 5.75 Å². The van der Waals surface area contributed by atoms with Gasteiger partial charge in [-0.2, -0.15) is 0 Å². The second-order valence-electron chi connectivity index (χ2n) is 7.96. The largest absolute Gasteiger partial charge is 0.497 e. The van der Waals surface area contributed by atoms with Gasteiger partial charge in [0.25, 0.3) is 10.0 Å². The van der Waals surface area contributed by atoms with Gasteiger partial charge in [0.2, 0.25) is 11.8 Å². The molecule has 0 radical (unpaired) electrons. The summed E-state index contributed by atoms with van der Waals surface area (Å²) in [5.41, 5.74) is 0.806. The Balaban J connectivity index is 2.01. The van der Waals surface area contributed by atoms with E-state index in [2.05, 4.69) is 5.32 Å². The summed E-state index contributed by atoms with van der Waals surface area (Å²) in [5.74, 6) is -0.995. The van der Waals surface area contributed by atoms with E-state index in [1.807, 2.05) is 0 Å². The third kappa shape index (κ3) is 6.19. The van der Waals surface area contributed by atoms with Gasteiger partial charge in [-0.1, -0.05) is 30.3 Å².